The third-order valence-electron chi connectivity index (χ3n) is 0.844. The molecule has 70 valence electrons. The minimum Gasteiger partial charge on any atom is -0.302 e. The minimum absolute atomic E-state index is 0.831. The van der Waals surface area contributed by atoms with Gasteiger partial charge in [-0.15, -0.1) is 0 Å². The fourth-order valence-corrected chi connectivity index (χ4v) is 0.848. The molecule has 0 aromatic carbocycles. The standard InChI is InChI=1S/C6H12N2O3S/c1-3-5(7)10-12(9)11-6(8)4-2/h3-6H,1-2,7-8H2. The molecule has 5 nitrogen and oxygen atoms in total. The molecule has 0 aromatic heterocycles. The average molecular weight is 192 g/mol. The second-order valence-electron chi connectivity index (χ2n) is 1.80. The van der Waals surface area contributed by atoms with Gasteiger partial charge in [0.15, 0.2) is 0 Å². The molecule has 2 unspecified atom stereocenters. The van der Waals surface area contributed by atoms with E-state index in [4.69, 9.17) is 11.5 Å². The minimum atomic E-state index is -1.97. The molecule has 12 heavy (non-hydrogen) atoms. The van der Waals surface area contributed by atoms with E-state index in [0.29, 0.717) is 0 Å². The molecule has 6 heteroatoms. The predicted molar refractivity (Wildman–Crippen MR) is 46.7 cm³/mol. The zero-order chi connectivity index (χ0) is 9.56. The van der Waals surface area contributed by atoms with Gasteiger partial charge in [0, 0.05) is 0 Å². The van der Waals surface area contributed by atoms with Gasteiger partial charge in [-0.3, -0.25) is 0 Å². The first-order chi connectivity index (χ1) is 5.60. The summed E-state index contributed by atoms with van der Waals surface area (Å²) in [7, 11) is 0. The van der Waals surface area contributed by atoms with Crippen LogP contribution in [0.3, 0.4) is 0 Å². The predicted octanol–water partition coefficient (Wildman–Crippen LogP) is -0.460. The van der Waals surface area contributed by atoms with Crippen LogP contribution in [0.1, 0.15) is 0 Å². The third-order valence-corrected chi connectivity index (χ3v) is 1.60. The van der Waals surface area contributed by atoms with Gasteiger partial charge in [-0.25, -0.2) is 8.37 Å². The summed E-state index contributed by atoms with van der Waals surface area (Å²) in [5.74, 6) is 0. The van der Waals surface area contributed by atoms with E-state index in [9.17, 15) is 4.21 Å². The molecule has 2 atom stereocenters. The van der Waals surface area contributed by atoms with Crippen molar-refractivity contribution >= 4 is 11.4 Å². The fraction of sp³-hybridized carbons (Fsp3) is 0.333. The molecule has 0 aromatic rings. The molecule has 0 aliphatic heterocycles. The second kappa shape index (κ2) is 6.04. The third kappa shape index (κ3) is 5.16. The molecule has 0 aliphatic rings. The molecule has 0 rings (SSSR count). The zero-order valence-corrected chi connectivity index (χ0v) is 7.33. The molecule has 0 fully saturated rings. The summed E-state index contributed by atoms with van der Waals surface area (Å²) in [4.78, 5) is 0. The summed E-state index contributed by atoms with van der Waals surface area (Å²) < 4.78 is 19.9. The first kappa shape index (κ1) is 11.5. The fourth-order valence-electron chi connectivity index (χ4n) is 0.283. The largest absolute Gasteiger partial charge is 0.308 e. The Bertz CT molecular complexity index is 168. The number of hydrogen-bond acceptors (Lipinski definition) is 5. The van der Waals surface area contributed by atoms with Crippen LogP contribution in [0.4, 0.5) is 0 Å². The summed E-state index contributed by atoms with van der Waals surface area (Å²) in [5.41, 5.74) is 10.4. The van der Waals surface area contributed by atoms with Crippen LogP contribution in [0.5, 0.6) is 0 Å². The maximum Gasteiger partial charge on any atom is 0.308 e. The van der Waals surface area contributed by atoms with Gasteiger partial charge in [0.1, 0.15) is 12.5 Å². The van der Waals surface area contributed by atoms with Gasteiger partial charge in [-0.05, 0) is 12.2 Å². The van der Waals surface area contributed by atoms with E-state index in [0.717, 1.165) is 0 Å². The molecule has 0 saturated carbocycles. The highest BCUT2D eigenvalue weighted by Crippen LogP contribution is 1.96. The quantitative estimate of drug-likeness (QED) is 0.439. The molecule has 0 saturated heterocycles. The van der Waals surface area contributed by atoms with Gasteiger partial charge >= 0.3 is 11.4 Å². The molecule has 0 amide bonds. The summed E-state index contributed by atoms with van der Waals surface area (Å²) in [5, 5.41) is 0. The monoisotopic (exact) mass is 192 g/mol. The van der Waals surface area contributed by atoms with Crippen molar-refractivity contribution in [3.8, 4) is 0 Å². The Hall–Kier alpha value is -0.530. The highest BCUT2D eigenvalue weighted by atomic mass is 32.2. The van der Waals surface area contributed by atoms with E-state index >= 15 is 0 Å². The van der Waals surface area contributed by atoms with E-state index in [1.807, 2.05) is 0 Å². The average Bonchev–Trinajstić information content (AvgIpc) is 2.03. The Morgan fingerprint density at radius 3 is 1.75 bits per heavy atom. The highest BCUT2D eigenvalue weighted by Gasteiger charge is 2.08. The maximum atomic E-state index is 10.8. The van der Waals surface area contributed by atoms with Gasteiger partial charge in [-0.2, -0.15) is 4.21 Å². The molecule has 0 radical (unpaired) electrons. The summed E-state index contributed by atoms with van der Waals surface area (Å²) in [6.45, 7) is 6.64. The smallest absolute Gasteiger partial charge is 0.302 e. The highest BCUT2D eigenvalue weighted by molar-refractivity contribution is 7.75. The Kier molecular flexibility index (Phi) is 5.77. The number of nitrogens with two attached hydrogens (primary N) is 2. The molecule has 0 heterocycles. The van der Waals surface area contributed by atoms with Crippen LogP contribution in [0.15, 0.2) is 25.3 Å². The van der Waals surface area contributed by atoms with Crippen molar-refractivity contribution in [2.45, 2.75) is 12.5 Å². The van der Waals surface area contributed by atoms with Crippen LogP contribution in [-0.2, 0) is 19.7 Å². The van der Waals surface area contributed by atoms with Crippen molar-refractivity contribution in [1.82, 2.24) is 0 Å². The van der Waals surface area contributed by atoms with Crippen LogP contribution < -0.4 is 11.5 Å². The van der Waals surface area contributed by atoms with Gasteiger partial charge < -0.3 is 11.5 Å². The zero-order valence-electron chi connectivity index (χ0n) is 6.51. The van der Waals surface area contributed by atoms with Crippen molar-refractivity contribution in [2.24, 2.45) is 11.5 Å². The topological polar surface area (TPSA) is 87.6 Å². The lowest BCUT2D eigenvalue weighted by atomic mass is 10.6. The van der Waals surface area contributed by atoms with Crippen LogP contribution in [0, 0.1) is 0 Å². The Morgan fingerprint density at radius 2 is 1.50 bits per heavy atom. The number of rotatable bonds is 6. The maximum absolute atomic E-state index is 10.8. The molecular formula is C6H12N2O3S. The van der Waals surface area contributed by atoms with Crippen LogP contribution in [-0.4, -0.2) is 16.7 Å². The number of hydrogen-bond donors (Lipinski definition) is 2. The molecule has 4 N–H and O–H groups in total. The van der Waals surface area contributed by atoms with Crippen LogP contribution in [0.2, 0.25) is 0 Å². The SMILES string of the molecule is C=CC(N)OS(=O)OC(N)C=C. The molecule has 0 bridgehead atoms. The van der Waals surface area contributed by atoms with E-state index in [-0.39, 0.29) is 0 Å². The molecular weight excluding hydrogens is 180 g/mol. The molecule has 0 spiro atoms. The van der Waals surface area contributed by atoms with Gasteiger partial charge in [-0.1, -0.05) is 13.2 Å². The second-order valence-corrected chi connectivity index (χ2v) is 2.59. The van der Waals surface area contributed by atoms with E-state index in [2.05, 4.69) is 21.5 Å². The molecule has 0 aliphatic carbocycles. The van der Waals surface area contributed by atoms with Crippen molar-refractivity contribution in [3.63, 3.8) is 0 Å². The van der Waals surface area contributed by atoms with Gasteiger partial charge in [0.2, 0.25) is 0 Å². The summed E-state index contributed by atoms with van der Waals surface area (Å²) in [6.07, 6.45) is 0.896. The first-order valence-electron chi connectivity index (χ1n) is 3.12. The Balaban J connectivity index is 3.73. The lowest BCUT2D eigenvalue weighted by Crippen LogP contribution is -2.27. The van der Waals surface area contributed by atoms with Gasteiger partial charge in [0.25, 0.3) is 0 Å². The van der Waals surface area contributed by atoms with E-state index in [1.54, 1.807) is 0 Å². The van der Waals surface area contributed by atoms with Crippen LogP contribution >= 0.6 is 0 Å². The Morgan fingerprint density at radius 1 is 1.17 bits per heavy atom. The van der Waals surface area contributed by atoms with Gasteiger partial charge in [0.05, 0.1) is 0 Å². The van der Waals surface area contributed by atoms with E-state index < -0.39 is 23.8 Å². The van der Waals surface area contributed by atoms with Crippen molar-refractivity contribution in [3.05, 3.63) is 25.3 Å². The van der Waals surface area contributed by atoms with Crippen LogP contribution in [0.25, 0.3) is 0 Å². The summed E-state index contributed by atoms with van der Waals surface area (Å²) >= 11 is -1.97. The van der Waals surface area contributed by atoms with Crippen molar-refractivity contribution in [2.75, 3.05) is 0 Å². The lowest BCUT2D eigenvalue weighted by molar-refractivity contribution is 0.195. The first-order valence-corrected chi connectivity index (χ1v) is 4.12. The van der Waals surface area contributed by atoms with E-state index in [1.165, 1.54) is 12.2 Å². The summed E-state index contributed by atoms with van der Waals surface area (Å²) in [6, 6.07) is 0. The van der Waals surface area contributed by atoms with Crippen molar-refractivity contribution < 1.29 is 12.6 Å². The van der Waals surface area contributed by atoms with Crippen molar-refractivity contribution in [1.29, 1.82) is 0 Å². The Labute approximate surface area is 73.9 Å². The lowest BCUT2D eigenvalue weighted by Gasteiger charge is -2.08. The normalized spacial score (nSPS) is 17.8.